The summed E-state index contributed by atoms with van der Waals surface area (Å²) < 4.78 is 5.23. The van der Waals surface area contributed by atoms with E-state index in [9.17, 15) is 4.79 Å². The summed E-state index contributed by atoms with van der Waals surface area (Å²) in [6, 6.07) is 5.92. The lowest BCUT2D eigenvalue weighted by Gasteiger charge is -2.08. The van der Waals surface area contributed by atoms with Crippen molar-refractivity contribution in [3.05, 3.63) is 29.3 Å². The van der Waals surface area contributed by atoms with Crippen molar-refractivity contribution in [1.29, 1.82) is 0 Å². The monoisotopic (exact) mass is 272 g/mol. The van der Waals surface area contributed by atoms with Gasteiger partial charge in [-0.2, -0.15) is 0 Å². The average Bonchev–Trinajstić information content (AvgIpc) is 2.35. The van der Waals surface area contributed by atoms with E-state index in [0.29, 0.717) is 19.5 Å². The Labute approximate surface area is 114 Å². The van der Waals surface area contributed by atoms with E-state index in [0.717, 1.165) is 23.3 Å². The first-order valence-corrected chi connectivity index (χ1v) is 5.77. The number of ether oxygens (including phenoxy) is 1. The number of nitrogens with one attached hydrogen (secondary N) is 1. The molecule has 0 bridgehead atoms. The van der Waals surface area contributed by atoms with Crippen LogP contribution in [-0.4, -0.2) is 19.6 Å². The predicted molar refractivity (Wildman–Crippen MR) is 75.1 cm³/mol. The van der Waals surface area contributed by atoms with Gasteiger partial charge < -0.3 is 15.8 Å². The van der Waals surface area contributed by atoms with Gasteiger partial charge in [0, 0.05) is 13.0 Å². The Morgan fingerprint density at radius 3 is 2.78 bits per heavy atom. The zero-order chi connectivity index (χ0) is 12.7. The minimum absolute atomic E-state index is 0. The van der Waals surface area contributed by atoms with Crippen LogP contribution in [0.4, 0.5) is 0 Å². The maximum absolute atomic E-state index is 11.4. The molecular formula is C13H21ClN2O2. The van der Waals surface area contributed by atoms with Gasteiger partial charge in [-0.3, -0.25) is 4.79 Å². The second-order valence-electron chi connectivity index (χ2n) is 3.97. The van der Waals surface area contributed by atoms with Crippen LogP contribution in [-0.2, 0) is 11.3 Å². The number of amides is 1. The Balaban J connectivity index is 0.00000289. The predicted octanol–water partition coefficient (Wildman–Crippen LogP) is 1.78. The number of aryl methyl sites for hydroxylation is 1. The molecule has 0 aliphatic rings. The van der Waals surface area contributed by atoms with Crippen LogP contribution in [0.2, 0.25) is 0 Å². The third kappa shape index (κ3) is 5.38. The SMILES string of the molecule is COc1cc(CNC(=O)CCCN)ccc1C.Cl. The Kier molecular flexibility index (Phi) is 8.16. The van der Waals surface area contributed by atoms with Crippen molar-refractivity contribution in [3.63, 3.8) is 0 Å². The van der Waals surface area contributed by atoms with Gasteiger partial charge in [-0.05, 0) is 37.1 Å². The van der Waals surface area contributed by atoms with Gasteiger partial charge in [0.25, 0.3) is 0 Å². The standard InChI is InChI=1S/C13H20N2O2.ClH/c1-10-5-6-11(8-12(10)17-2)9-15-13(16)4-3-7-14;/h5-6,8H,3-4,7,9,14H2,1-2H3,(H,15,16);1H. The number of hydrogen-bond acceptors (Lipinski definition) is 3. The maximum Gasteiger partial charge on any atom is 0.220 e. The van der Waals surface area contributed by atoms with E-state index in [2.05, 4.69) is 5.32 Å². The van der Waals surface area contributed by atoms with Crippen molar-refractivity contribution in [2.45, 2.75) is 26.3 Å². The highest BCUT2D eigenvalue weighted by atomic mass is 35.5. The summed E-state index contributed by atoms with van der Waals surface area (Å²) in [4.78, 5) is 11.4. The van der Waals surface area contributed by atoms with Crippen LogP contribution in [0.15, 0.2) is 18.2 Å². The summed E-state index contributed by atoms with van der Waals surface area (Å²) in [5.41, 5.74) is 7.47. The number of carbonyl (C=O) groups excluding carboxylic acids is 1. The molecule has 0 fully saturated rings. The molecule has 4 nitrogen and oxygen atoms in total. The van der Waals surface area contributed by atoms with E-state index < -0.39 is 0 Å². The first kappa shape index (κ1) is 16.7. The third-order valence-electron chi connectivity index (χ3n) is 2.57. The molecule has 0 radical (unpaired) electrons. The van der Waals surface area contributed by atoms with Crippen LogP contribution >= 0.6 is 12.4 Å². The number of benzene rings is 1. The largest absolute Gasteiger partial charge is 0.496 e. The first-order valence-electron chi connectivity index (χ1n) is 5.77. The van der Waals surface area contributed by atoms with E-state index in [1.54, 1.807) is 7.11 Å². The van der Waals surface area contributed by atoms with Gasteiger partial charge in [-0.15, -0.1) is 12.4 Å². The number of carbonyl (C=O) groups is 1. The summed E-state index contributed by atoms with van der Waals surface area (Å²) in [5, 5.41) is 2.85. The second-order valence-corrected chi connectivity index (χ2v) is 3.97. The molecule has 0 unspecified atom stereocenters. The van der Waals surface area contributed by atoms with Gasteiger partial charge in [0.1, 0.15) is 5.75 Å². The van der Waals surface area contributed by atoms with Crippen molar-refractivity contribution >= 4 is 18.3 Å². The summed E-state index contributed by atoms with van der Waals surface area (Å²) in [5.74, 6) is 0.883. The lowest BCUT2D eigenvalue weighted by molar-refractivity contribution is -0.121. The first-order chi connectivity index (χ1) is 8.17. The molecule has 5 heteroatoms. The Bertz CT molecular complexity index is 383. The molecule has 3 N–H and O–H groups in total. The fourth-order valence-corrected chi connectivity index (χ4v) is 1.53. The molecule has 0 aromatic heterocycles. The molecule has 1 aromatic carbocycles. The molecule has 0 saturated heterocycles. The van der Waals surface area contributed by atoms with Crippen molar-refractivity contribution in [3.8, 4) is 5.75 Å². The lowest BCUT2D eigenvalue weighted by atomic mass is 10.1. The molecule has 0 aliphatic heterocycles. The minimum Gasteiger partial charge on any atom is -0.496 e. The Morgan fingerprint density at radius 2 is 2.17 bits per heavy atom. The highest BCUT2D eigenvalue weighted by molar-refractivity contribution is 5.85. The summed E-state index contributed by atoms with van der Waals surface area (Å²) >= 11 is 0. The molecule has 0 aliphatic carbocycles. The van der Waals surface area contributed by atoms with Crippen LogP contribution in [0, 0.1) is 6.92 Å². The number of hydrogen-bond donors (Lipinski definition) is 2. The normalized spacial score (nSPS) is 9.50. The van der Waals surface area contributed by atoms with Gasteiger partial charge in [-0.1, -0.05) is 12.1 Å². The van der Waals surface area contributed by atoms with E-state index in [-0.39, 0.29) is 18.3 Å². The summed E-state index contributed by atoms with van der Waals surface area (Å²) in [6.45, 7) is 3.06. The third-order valence-corrected chi connectivity index (χ3v) is 2.57. The van der Waals surface area contributed by atoms with Crippen molar-refractivity contribution in [2.24, 2.45) is 5.73 Å². The van der Waals surface area contributed by atoms with Gasteiger partial charge in [0.15, 0.2) is 0 Å². The number of methoxy groups -OCH3 is 1. The Morgan fingerprint density at radius 1 is 1.44 bits per heavy atom. The van der Waals surface area contributed by atoms with Crippen LogP contribution in [0.1, 0.15) is 24.0 Å². The average molecular weight is 273 g/mol. The number of nitrogens with two attached hydrogens (primary N) is 1. The minimum atomic E-state index is 0. The summed E-state index contributed by atoms with van der Waals surface area (Å²) in [7, 11) is 1.64. The lowest BCUT2D eigenvalue weighted by Crippen LogP contribution is -2.23. The molecular weight excluding hydrogens is 252 g/mol. The highest BCUT2D eigenvalue weighted by Gasteiger charge is 2.03. The molecule has 1 aromatic rings. The van der Waals surface area contributed by atoms with Crippen LogP contribution < -0.4 is 15.8 Å². The van der Waals surface area contributed by atoms with E-state index in [1.165, 1.54) is 0 Å². The molecule has 0 saturated carbocycles. The van der Waals surface area contributed by atoms with Crippen LogP contribution in [0.3, 0.4) is 0 Å². The Hall–Kier alpha value is -1.26. The number of halogens is 1. The van der Waals surface area contributed by atoms with Gasteiger partial charge in [-0.25, -0.2) is 0 Å². The smallest absolute Gasteiger partial charge is 0.220 e. The highest BCUT2D eigenvalue weighted by Crippen LogP contribution is 2.18. The quantitative estimate of drug-likeness (QED) is 0.830. The fourth-order valence-electron chi connectivity index (χ4n) is 1.53. The fraction of sp³-hybridized carbons (Fsp3) is 0.462. The zero-order valence-corrected chi connectivity index (χ0v) is 11.7. The number of rotatable bonds is 6. The maximum atomic E-state index is 11.4. The molecule has 1 rings (SSSR count). The zero-order valence-electron chi connectivity index (χ0n) is 10.9. The van der Waals surface area contributed by atoms with Crippen LogP contribution in [0.25, 0.3) is 0 Å². The van der Waals surface area contributed by atoms with Crippen LogP contribution in [0.5, 0.6) is 5.75 Å². The molecule has 0 heterocycles. The summed E-state index contributed by atoms with van der Waals surface area (Å²) in [6.07, 6.45) is 1.21. The van der Waals surface area contributed by atoms with E-state index in [4.69, 9.17) is 10.5 Å². The van der Waals surface area contributed by atoms with E-state index >= 15 is 0 Å². The topological polar surface area (TPSA) is 64.3 Å². The van der Waals surface area contributed by atoms with Crippen molar-refractivity contribution in [1.82, 2.24) is 5.32 Å². The van der Waals surface area contributed by atoms with E-state index in [1.807, 2.05) is 25.1 Å². The molecule has 0 atom stereocenters. The van der Waals surface area contributed by atoms with Gasteiger partial charge in [0.2, 0.25) is 5.91 Å². The van der Waals surface area contributed by atoms with Crippen molar-refractivity contribution < 1.29 is 9.53 Å². The van der Waals surface area contributed by atoms with Gasteiger partial charge >= 0.3 is 0 Å². The molecule has 1 amide bonds. The van der Waals surface area contributed by atoms with Gasteiger partial charge in [0.05, 0.1) is 7.11 Å². The van der Waals surface area contributed by atoms with Crippen molar-refractivity contribution in [2.75, 3.05) is 13.7 Å². The molecule has 18 heavy (non-hydrogen) atoms. The molecule has 0 spiro atoms. The second kappa shape index (κ2) is 8.78. The molecule has 102 valence electrons.